The minimum Gasteiger partial charge on any atom is -0.481 e. The van der Waals surface area contributed by atoms with Crippen molar-refractivity contribution >= 4 is 17.7 Å². The molecule has 0 heterocycles. The molecule has 0 rings (SSSR count). The van der Waals surface area contributed by atoms with Crippen LogP contribution in [0.1, 0.15) is 64.2 Å². The van der Waals surface area contributed by atoms with Gasteiger partial charge in [-0.05, 0) is 12.8 Å². The highest BCUT2D eigenvalue weighted by atomic mass is 16.5. The van der Waals surface area contributed by atoms with E-state index in [1.807, 2.05) is 0 Å². The lowest BCUT2D eigenvalue weighted by molar-refractivity contribution is -0.144. The second kappa shape index (κ2) is 13.5. The number of esters is 1. The number of Topliss-reactive ketones (excluding diaryl/α,β-unsaturated/α-hetero) is 1. The number of carbonyl (C=O) groups excluding carboxylic acids is 2. The fourth-order valence-electron chi connectivity index (χ4n) is 1.86. The average Bonchev–Trinajstić information content (AvgIpc) is 2.46. The molecule has 0 radical (unpaired) electrons. The van der Waals surface area contributed by atoms with Gasteiger partial charge in [-0.3, -0.25) is 14.4 Å². The topological polar surface area (TPSA) is 107 Å². The maximum atomic E-state index is 11.3. The maximum Gasteiger partial charge on any atom is 0.306 e. The highest BCUT2D eigenvalue weighted by Gasteiger charge is 2.06. The van der Waals surface area contributed by atoms with Crippen LogP contribution in [0.2, 0.25) is 0 Å². The van der Waals surface area contributed by atoms with Gasteiger partial charge >= 0.3 is 11.9 Å². The fraction of sp³-hybridized carbons (Fsp3) is 0.800. The van der Waals surface area contributed by atoms with E-state index in [1.54, 1.807) is 0 Å². The van der Waals surface area contributed by atoms with Crippen LogP contribution in [0, 0.1) is 0 Å². The molecule has 3 N–H and O–H groups in total. The lowest BCUT2D eigenvalue weighted by Gasteiger charge is -2.04. The molecule has 0 spiro atoms. The molecule has 0 aliphatic carbocycles. The summed E-state index contributed by atoms with van der Waals surface area (Å²) in [4.78, 5) is 32.5. The van der Waals surface area contributed by atoms with Gasteiger partial charge in [-0.2, -0.15) is 0 Å². The molecule has 0 unspecified atom stereocenters. The molecule has 0 aromatic rings. The van der Waals surface area contributed by atoms with Gasteiger partial charge in [0.25, 0.3) is 0 Å². The Balaban J connectivity index is 3.23. The van der Waals surface area contributed by atoms with Gasteiger partial charge in [0.15, 0.2) is 0 Å². The van der Waals surface area contributed by atoms with Crippen LogP contribution in [-0.2, 0) is 19.1 Å². The molecule has 0 aliphatic heterocycles. The molecule has 0 aliphatic rings. The first-order valence-electron chi connectivity index (χ1n) is 7.65. The van der Waals surface area contributed by atoms with E-state index in [4.69, 9.17) is 15.6 Å². The van der Waals surface area contributed by atoms with Crippen LogP contribution >= 0.6 is 0 Å². The summed E-state index contributed by atoms with van der Waals surface area (Å²) in [6.07, 6.45) is 7.24. The summed E-state index contributed by atoms with van der Waals surface area (Å²) >= 11 is 0. The number of hydrogen-bond donors (Lipinski definition) is 2. The molecular formula is C15H27NO5. The van der Waals surface area contributed by atoms with E-state index in [2.05, 4.69) is 0 Å². The normalized spacial score (nSPS) is 10.3. The van der Waals surface area contributed by atoms with Crippen molar-refractivity contribution in [3.63, 3.8) is 0 Å². The molecule has 6 nitrogen and oxygen atoms in total. The number of rotatable bonds is 14. The Morgan fingerprint density at radius 3 is 1.95 bits per heavy atom. The Hall–Kier alpha value is -1.43. The van der Waals surface area contributed by atoms with Gasteiger partial charge in [-0.25, -0.2) is 0 Å². The zero-order valence-corrected chi connectivity index (χ0v) is 12.6. The number of ketones is 1. The number of aliphatic carboxylic acids is 1. The average molecular weight is 301 g/mol. The second-order valence-electron chi connectivity index (χ2n) is 5.08. The van der Waals surface area contributed by atoms with Crippen molar-refractivity contribution < 1.29 is 24.2 Å². The van der Waals surface area contributed by atoms with Gasteiger partial charge in [0.1, 0.15) is 5.78 Å². The lowest BCUT2D eigenvalue weighted by Crippen LogP contribution is -2.15. The van der Waals surface area contributed by atoms with Gasteiger partial charge < -0.3 is 15.6 Å². The predicted octanol–water partition coefficient (Wildman–Crippen LogP) is 2.04. The van der Waals surface area contributed by atoms with Crippen LogP contribution in [0.15, 0.2) is 0 Å². The molecule has 0 aromatic heterocycles. The summed E-state index contributed by atoms with van der Waals surface area (Å²) in [5.74, 6) is -1.20. The van der Waals surface area contributed by atoms with Crippen molar-refractivity contribution in [1.82, 2.24) is 0 Å². The van der Waals surface area contributed by atoms with Crippen LogP contribution in [0.25, 0.3) is 0 Å². The smallest absolute Gasteiger partial charge is 0.306 e. The number of carbonyl (C=O) groups is 3. The van der Waals surface area contributed by atoms with E-state index in [0.717, 1.165) is 44.9 Å². The third-order valence-electron chi connectivity index (χ3n) is 3.13. The van der Waals surface area contributed by atoms with Crippen molar-refractivity contribution in [1.29, 1.82) is 0 Å². The monoisotopic (exact) mass is 301 g/mol. The summed E-state index contributed by atoms with van der Waals surface area (Å²) in [5.41, 5.74) is 5.14. The summed E-state index contributed by atoms with van der Waals surface area (Å²) in [6, 6.07) is 0. The highest BCUT2D eigenvalue weighted by molar-refractivity contribution is 5.84. The van der Waals surface area contributed by atoms with Crippen LogP contribution in [0.5, 0.6) is 0 Å². The molecule has 122 valence electrons. The van der Waals surface area contributed by atoms with Crippen LogP contribution in [0.4, 0.5) is 0 Å². The number of carboxylic acid groups (broad SMARTS) is 1. The summed E-state index contributed by atoms with van der Waals surface area (Å²) in [6.45, 7) is 0.369. The van der Waals surface area contributed by atoms with Crippen LogP contribution < -0.4 is 5.73 Å². The van der Waals surface area contributed by atoms with Crippen molar-refractivity contribution in [3.8, 4) is 0 Å². The summed E-state index contributed by atoms with van der Waals surface area (Å²) in [7, 11) is 0. The third kappa shape index (κ3) is 14.8. The Bertz CT molecular complexity index is 317. The lowest BCUT2D eigenvalue weighted by atomic mass is 10.1. The van der Waals surface area contributed by atoms with E-state index in [-0.39, 0.29) is 37.6 Å². The largest absolute Gasteiger partial charge is 0.481 e. The molecule has 0 amide bonds. The number of ether oxygens (including phenoxy) is 1. The third-order valence-corrected chi connectivity index (χ3v) is 3.13. The van der Waals surface area contributed by atoms with Crippen molar-refractivity contribution in [3.05, 3.63) is 0 Å². The molecule has 0 fully saturated rings. The minimum absolute atomic E-state index is 0.0280. The Kier molecular flexibility index (Phi) is 12.6. The highest BCUT2D eigenvalue weighted by Crippen LogP contribution is 2.08. The molecule has 0 atom stereocenters. The zero-order valence-electron chi connectivity index (χ0n) is 12.6. The Morgan fingerprint density at radius 1 is 0.810 bits per heavy atom. The molecule has 0 bridgehead atoms. The summed E-state index contributed by atoms with van der Waals surface area (Å²) < 4.78 is 5.01. The van der Waals surface area contributed by atoms with Gasteiger partial charge in [0, 0.05) is 12.8 Å². The second-order valence-corrected chi connectivity index (χ2v) is 5.08. The zero-order chi connectivity index (χ0) is 15.9. The SMILES string of the molecule is NCC(=O)CCC(=O)OCCCCCCCCCC(=O)O. The number of unbranched alkanes of at least 4 members (excludes halogenated alkanes) is 6. The van der Waals surface area contributed by atoms with E-state index in [1.165, 1.54) is 0 Å². The van der Waals surface area contributed by atoms with Crippen molar-refractivity contribution in [2.45, 2.75) is 64.2 Å². The first kappa shape index (κ1) is 19.6. The number of carboxylic acids is 1. The van der Waals surface area contributed by atoms with Crippen LogP contribution in [-0.4, -0.2) is 36.0 Å². The van der Waals surface area contributed by atoms with Crippen LogP contribution in [0.3, 0.4) is 0 Å². The molecular weight excluding hydrogens is 274 g/mol. The Labute approximate surface area is 126 Å². The molecule has 0 saturated heterocycles. The van der Waals surface area contributed by atoms with Crippen molar-refractivity contribution in [2.75, 3.05) is 13.2 Å². The summed E-state index contributed by atoms with van der Waals surface area (Å²) in [5, 5.41) is 8.47. The van der Waals surface area contributed by atoms with Gasteiger partial charge in [-0.15, -0.1) is 0 Å². The molecule has 0 saturated carbocycles. The molecule has 21 heavy (non-hydrogen) atoms. The Morgan fingerprint density at radius 2 is 1.38 bits per heavy atom. The first-order chi connectivity index (χ1) is 10.1. The standard InChI is InChI=1S/C15H27NO5/c16-12-13(17)9-10-15(20)21-11-7-5-3-1-2-4-6-8-14(18)19/h1-12,16H2,(H,18,19). The van der Waals surface area contributed by atoms with Gasteiger partial charge in [0.2, 0.25) is 0 Å². The number of nitrogens with two attached hydrogens (primary N) is 1. The quantitative estimate of drug-likeness (QED) is 0.375. The van der Waals surface area contributed by atoms with E-state index in [9.17, 15) is 14.4 Å². The maximum absolute atomic E-state index is 11.3. The first-order valence-corrected chi connectivity index (χ1v) is 7.65. The fourth-order valence-corrected chi connectivity index (χ4v) is 1.86. The predicted molar refractivity (Wildman–Crippen MR) is 78.8 cm³/mol. The van der Waals surface area contributed by atoms with Crippen molar-refractivity contribution in [2.24, 2.45) is 5.73 Å². The van der Waals surface area contributed by atoms with Gasteiger partial charge in [-0.1, -0.05) is 32.1 Å². The minimum atomic E-state index is -0.732. The van der Waals surface area contributed by atoms with E-state index >= 15 is 0 Å². The van der Waals surface area contributed by atoms with E-state index in [0.29, 0.717) is 6.61 Å². The van der Waals surface area contributed by atoms with E-state index < -0.39 is 5.97 Å². The molecule has 6 heteroatoms. The molecule has 0 aromatic carbocycles. The van der Waals surface area contributed by atoms with Gasteiger partial charge in [0.05, 0.1) is 19.6 Å². The number of hydrogen-bond acceptors (Lipinski definition) is 5.